The highest BCUT2D eigenvalue weighted by atomic mass is 32.2. The molecule has 2 aliphatic heterocycles. The third-order valence-electron chi connectivity index (χ3n) is 7.27. The molecule has 2 saturated heterocycles. The Morgan fingerprint density at radius 3 is 2.37 bits per heavy atom. The van der Waals surface area contributed by atoms with Crippen molar-refractivity contribution in [3.05, 3.63) is 71.4 Å². The van der Waals surface area contributed by atoms with Crippen LogP contribution in [0.5, 0.6) is 0 Å². The standard InChI is InChI=1S/C27H32N4O3S/c1-3-21-8-10-22(11-9-21)26-24(18-31(28-26)25-7-5-4-6-20(25)2)27(32)30-15-13-29(14-16-30)23-12-17-35(33,34)19-23/h4-11,18,23H,3,12-17,19H2,1-2H3/t23-/m0/s1. The van der Waals surface area contributed by atoms with Crippen LogP contribution < -0.4 is 0 Å². The molecule has 35 heavy (non-hydrogen) atoms. The Labute approximate surface area is 207 Å². The van der Waals surface area contributed by atoms with E-state index in [0.717, 1.165) is 23.2 Å². The van der Waals surface area contributed by atoms with Gasteiger partial charge in [0.1, 0.15) is 5.69 Å². The molecule has 7 nitrogen and oxygen atoms in total. The van der Waals surface area contributed by atoms with E-state index in [2.05, 4.69) is 24.0 Å². The monoisotopic (exact) mass is 492 g/mol. The number of aryl methyl sites for hydroxylation is 2. The van der Waals surface area contributed by atoms with Crippen molar-refractivity contribution in [3.8, 4) is 16.9 Å². The Kier molecular flexibility index (Phi) is 6.51. The molecule has 0 bridgehead atoms. The van der Waals surface area contributed by atoms with Gasteiger partial charge < -0.3 is 4.90 Å². The minimum absolute atomic E-state index is 0.0295. The number of hydrogen-bond acceptors (Lipinski definition) is 5. The van der Waals surface area contributed by atoms with Gasteiger partial charge >= 0.3 is 0 Å². The lowest BCUT2D eigenvalue weighted by molar-refractivity contribution is 0.0588. The molecule has 184 valence electrons. The zero-order chi connectivity index (χ0) is 24.6. The Morgan fingerprint density at radius 2 is 1.74 bits per heavy atom. The van der Waals surface area contributed by atoms with E-state index in [-0.39, 0.29) is 23.5 Å². The molecule has 2 fully saturated rings. The number of para-hydroxylation sites is 1. The first-order chi connectivity index (χ1) is 16.8. The van der Waals surface area contributed by atoms with Crippen LogP contribution in [-0.4, -0.2) is 77.6 Å². The van der Waals surface area contributed by atoms with E-state index in [1.54, 1.807) is 0 Å². The number of sulfone groups is 1. The van der Waals surface area contributed by atoms with Gasteiger partial charge in [0, 0.05) is 44.0 Å². The number of nitrogens with zero attached hydrogens (tertiary/aromatic N) is 4. The van der Waals surface area contributed by atoms with Crippen molar-refractivity contribution in [2.75, 3.05) is 37.7 Å². The lowest BCUT2D eigenvalue weighted by atomic mass is 10.0. The predicted octanol–water partition coefficient (Wildman–Crippen LogP) is 3.36. The summed E-state index contributed by atoms with van der Waals surface area (Å²) in [5.74, 6) is 0.481. The number of carbonyl (C=O) groups is 1. The van der Waals surface area contributed by atoms with Gasteiger partial charge in [0.2, 0.25) is 0 Å². The van der Waals surface area contributed by atoms with E-state index < -0.39 is 9.84 Å². The molecule has 1 aromatic heterocycles. The number of amides is 1. The maximum absolute atomic E-state index is 13.7. The zero-order valence-corrected chi connectivity index (χ0v) is 21.2. The molecule has 2 aromatic carbocycles. The van der Waals surface area contributed by atoms with Crippen LogP contribution >= 0.6 is 0 Å². The largest absolute Gasteiger partial charge is 0.336 e. The average molecular weight is 493 g/mol. The van der Waals surface area contributed by atoms with Gasteiger partial charge in [0.25, 0.3) is 5.91 Å². The maximum atomic E-state index is 13.7. The van der Waals surface area contributed by atoms with Crippen molar-refractivity contribution in [2.24, 2.45) is 0 Å². The smallest absolute Gasteiger partial charge is 0.257 e. The summed E-state index contributed by atoms with van der Waals surface area (Å²) in [6, 6.07) is 16.4. The van der Waals surface area contributed by atoms with Crippen molar-refractivity contribution >= 4 is 15.7 Å². The van der Waals surface area contributed by atoms with E-state index >= 15 is 0 Å². The van der Waals surface area contributed by atoms with Crippen LogP contribution in [0.2, 0.25) is 0 Å². The van der Waals surface area contributed by atoms with Gasteiger partial charge in [-0.05, 0) is 37.0 Å². The number of carbonyl (C=O) groups excluding carboxylic acids is 1. The fourth-order valence-corrected chi connectivity index (χ4v) is 6.87. The summed E-state index contributed by atoms with van der Waals surface area (Å²) in [6.07, 6.45) is 3.50. The molecule has 0 N–H and O–H groups in total. The van der Waals surface area contributed by atoms with Crippen LogP contribution in [0.15, 0.2) is 54.7 Å². The minimum atomic E-state index is -2.92. The lowest BCUT2D eigenvalue weighted by Crippen LogP contribution is -2.52. The first-order valence-electron chi connectivity index (χ1n) is 12.3. The number of rotatable bonds is 5. The molecule has 2 aliphatic rings. The number of aromatic nitrogens is 2. The van der Waals surface area contributed by atoms with Gasteiger partial charge in [-0.3, -0.25) is 9.69 Å². The molecule has 1 atom stereocenters. The Morgan fingerprint density at radius 1 is 1.03 bits per heavy atom. The van der Waals surface area contributed by atoms with E-state index in [4.69, 9.17) is 5.10 Å². The van der Waals surface area contributed by atoms with Gasteiger partial charge in [-0.1, -0.05) is 49.4 Å². The second-order valence-electron chi connectivity index (χ2n) is 9.56. The number of benzene rings is 2. The summed E-state index contributed by atoms with van der Waals surface area (Å²) in [4.78, 5) is 17.8. The van der Waals surface area contributed by atoms with E-state index in [1.807, 2.05) is 59.1 Å². The molecule has 0 aliphatic carbocycles. The number of piperazine rings is 1. The quantitative estimate of drug-likeness (QED) is 0.546. The fraction of sp³-hybridized carbons (Fsp3) is 0.407. The summed E-state index contributed by atoms with van der Waals surface area (Å²) in [6.45, 7) is 6.71. The van der Waals surface area contributed by atoms with Crippen molar-refractivity contribution in [1.29, 1.82) is 0 Å². The van der Waals surface area contributed by atoms with Crippen LogP contribution in [0.4, 0.5) is 0 Å². The van der Waals surface area contributed by atoms with Crippen LogP contribution in [0.1, 0.15) is 34.8 Å². The molecular weight excluding hydrogens is 460 g/mol. The van der Waals surface area contributed by atoms with Crippen molar-refractivity contribution in [2.45, 2.75) is 32.7 Å². The molecule has 0 saturated carbocycles. The maximum Gasteiger partial charge on any atom is 0.257 e. The van der Waals surface area contributed by atoms with Crippen molar-refractivity contribution < 1.29 is 13.2 Å². The summed E-state index contributed by atoms with van der Waals surface area (Å²) in [7, 11) is -2.92. The SMILES string of the molecule is CCc1ccc(-c2nn(-c3ccccc3C)cc2C(=O)N2CCN([C@H]3CCS(=O)(=O)C3)CC2)cc1. The molecule has 0 spiro atoms. The molecular formula is C27H32N4O3S. The highest BCUT2D eigenvalue weighted by molar-refractivity contribution is 7.91. The topological polar surface area (TPSA) is 75.5 Å². The van der Waals surface area contributed by atoms with Gasteiger partial charge in [-0.2, -0.15) is 5.10 Å². The van der Waals surface area contributed by atoms with E-state index in [0.29, 0.717) is 43.9 Å². The van der Waals surface area contributed by atoms with Gasteiger partial charge in [-0.15, -0.1) is 0 Å². The van der Waals surface area contributed by atoms with E-state index in [9.17, 15) is 13.2 Å². The molecule has 0 radical (unpaired) electrons. The highest BCUT2D eigenvalue weighted by Crippen LogP contribution is 2.27. The van der Waals surface area contributed by atoms with E-state index in [1.165, 1.54) is 5.56 Å². The van der Waals surface area contributed by atoms with Crippen molar-refractivity contribution in [3.63, 3.8) is 0 Å². The van der Waals surface area contributed by atoms with Crippen molar-refractivity contribution in [1.82, 2.24) is 19.6 Å². The summed E-state index contributed by atoms with van der Waals surface area (Å²) < 4.78 is 25.6. The average Bonchev–Trinajstić information content (AvgIpc) is 3.47. The Hall–Kier alpha value is -2.97. The van der Waals surface area contributed by atoms with Gasteiger partial charge in [-0.25, -0.2) is 13.1 Å². The zero-order valence-electron chi connectivity index (χ0n) is 20.4. The summed E-state index contributed by atoms with van der Waals surface area (Å²) in [5, 5.41) is 4.87. The Bertz CT molecular complexity index is 1320. The molecule has 3 aromatic rings. The second-order valence-corrected chi connectivity index (χ2v) is 11.8. The van der Waals surface area contributed by atoms with Gasteiger partial charge in [0.05, 0.1) is 22.8 Å². The predicted molar refractivity (Wildman–Crippen MR) is 138 cm³/mol. The fourth-order valence-electron chi connectivity index (χ4n) is 5.11. The molecule has 5 rings (SSSR count). The minimum Gasteiger partial charge on any atom is -0.336 e. The normalized spacial score (nSPS) is 20.3. The molecule has 1 amide bonds. The lowest BCUT2D eigenvalue weighted by Gasteiger charge is -2.37. The third kappa shape index (κ3) is 4.90. The van der Waals surface area contributed by atoms with Crippen LogP contribution in [0.3, 0.4) is 0 Å². The third-order valence-corrected chi connectivity index (χ3v) is 9.02. The second kappa shape index (κ2) is 9.59. The highest BCUT2D eigenvalue weighted by Gasteiger charge is 2.35. The van der Waals surface area contributed by atoms with Gasteiger partial charge in [0.15, 0.2) is 9.84 Å². The van der Waals surface area contributed by atoms with Crippen LogP contribution in [0.25, 0.3) is 16.9 Å². The molecule has 0 unspecified atom stereocenters. The first kappa shape index (κ1) is 23.8. The van der Waals surface area contributed by atoms with Crippen LogP contribution in [0, 0.1) is 6.92 Å². The molecule has 3 heterocycles. The number of hydrogen-bond donors (Lipinski definition) is 0. The summed E-state index contributed by atoms with van der Waals surface area (Å²) >= 11 is 0. The van der Waals surface area contributed by atoms with Crippen LogP contribution in [-0.2, 0) is 16.3 Å². The molecule has 8 heteroatoms. The summed E-state index contributed by atoms with van der Waals surface area (Å²) in [5.41, 5.74) is 5.48. The Balaban J connectivity index is 1.42. The first-order valence-corrected chi connectivity index (χ1v) is 14.2.